The predicted octanol–water partition coefficient (Wildman–Crippen LogP) is 2.18. The Balaban J connectivity index is 4.79. The van der Waals surface area contributed by atoms with Crippen molar-refractivity contribution in [2.24, 2.45) is 11.3 Å². The highest BCUT2D eigenvalue weighted by atomic mass is 79.9. The Bertz CT molecular complexity index is 570. The molecule has 0 N–H and O–H groups in total. The number of alkyl halides is 1. The number of halogens is 1. The largest absolute Gasteiger partial charge is 0.469 e. The molecule has 2 unspecified atom stereocenters. The lowest BCUT2D eigenvalue weighted by atomic mass is 9.81. The van der Waals surface area contributed by atoms with Crippen molar-refractivity contribution in [2.75, 3.05) is 27.4 Å². The van der Waals surface area contributed by atoms with E-state index in [-0.39, 0.29) is 31.6 Å². The normalized spacial score (nSPS) is 13.1. The van der Waals surface area contributed by atoms with Crippen LogP contribution in [0.4, 0.5) is 0 Å². The molecule has 0 saturated carbocycles. The zero-order chi connectivity index (χ0) is 21.2. The van der Waals surface area contributed by atoms with Gasteiger partial charge in [-0.1, -0.05) is 22.5 Å². The topological polar surface area (TPSA) is 105 Å². The average molecular weight is 451 g/mol. The Kier molecular flexibility index (Phi) is 10.9. The molecule has 0 saturated heterocycles. The summed E-state index contributed by atoms with van der Waals surface area (Å²) in [6.45, 7) is 7.97. The molecular formula is C18H27BrO8. The quantitative estimate of drug-likeness (QED) is 0.155. The minimum atomic E-state index is -1.03. The van der Waals surface area contributed by atoms with Crippen molar-refractivity contribution >= 4 is 39.8 Å². The number of ether oxygens (including phenoxy) is 4. The van der Waals surface area contributed by atoms with E-state index >= 15 is 0 Å². The summed E-state index contributed by atoms with van der Waals surface area (Å²) < 4.78 is 19.4. The number of carbonyl (C=O) groups is 4. The first kappa shape index (κ1) is 25.1. The van der Waals surface area contributed by atoms with Gasteiger partial charge < -0.3 is 18.9 Å². The Morgan fingerprint density at radius 3 is 2.00 bits per heavy atom. The molecule has 0 heterocycles. The Labute approximate surface area is 167 Å². The molecule has 0 aromatic carbocycles. The first-order chi connectivity index (χ1) is 12.5. The third-order valence-electron chi connectivity index (χ3n) is 3.69. The fourth-order valence-electron chi connectivity index (χ4n) is 2.19. The van der Waals surface area contributed by atoms with E-state index in [4.69, 9.17) is 14.2 Å². The molecule has 0 aliphatic rings. The van der Waals surface area contributed by atoms with Crippen LogP contribution >= 0.6 is 15.9 Å². The van der Waals surface area contributed by atoms with Crippen LogP contribution in [0.1, 0.15) is 33.6 Å². The van der Waals surface area contributed by atoms with Crippen molar-refractivity contribution in [1.82, 2.24) is 0 Å². The number of carbonyl (C=O) groups excluding carboxylic acids is 4. The minimum absolute atomic E-state index is 0.0975. The lowest BCUT2D eigenvalue weighted by molar-refractivity contribution is -0.160. The molecular weight excluding hydrogens is 424 g/mol. The summed E-state index contributed by atoms with van der Waals surface area (Å²) in [5.74, 6) is -2.92. The van der Waals surface area contributed by atoms with E-state index in [1.54, 1.807) is 13.8 Å². The summed E-state index contributed by atoms with van der Waals surface area (Å²) in [6, 6.07) is 0. The van der Waals surface area contributed by atoms with Gasteiger partial charge in [0.05, 0.1) is 25.6 Å². The van der Waals surface area contributed by atoms with Crippen LogP contribution in [0.25, 0.3) is 0 Å². The molecule has 0 aliphatic carbocycles. The molecule has 0 rings (SSSR count). The zero-order valence-electron chi connectivity index (χ0n) is 16.3. The maximum atomic E-state index is 12.3. The van der Waals surface area contributed by atoms with Gasteiger partial charge in [-0.25, -0.2) is 4.79 Å². The van der Waals surface area contributed by atoms with Gasteiger partial charge in [0.25, 0.3) is 0 Å². The highest BCUT2D eigenvalue weighted by molar-refractivity contribution is 9.10. The maximum Gasteiger partial charge on any atom is 0.333 e. The van der Waals surface area contributed by atoms with Crippen LogP contribution in [-0.4, -0.2) is 56.1 Å². The standard InChI is InChI=1S/C18H27BrO8/c1-11(2)14(20)26-7-8-27-17(23)18(3,4)10-12(15(21)24-5)9-13(19)16(22)25-6/h12-13H,1,7-10H2,2-6H3. The summed E-state index contributed by atoms with van der Waals surface area (Å²) >= 11 is 3.17. The molecule has 0 spiro atoms. The van der Waals surface area contributed by atoms with Crippen molar-refractivity contribution < 1.29 is 38.1 Å². The van der Waals surface area contributed by atoms with Gasteiger partial charge in [-0.3, -0.25) is 14.4 Å². The Hall–Kier alpha value is -1.90. The van der Waals surface area contributed by atoms with Crippen LogP contribution in [0.2, 0.25) is 0 Å². The molecule has 9 heteroatoms. The molecule has 0 radical (unpaired) electrons. The van der Waals surface area contributed by atoms with Crippen LogP contribution in [0, 0.1) is 11.3 Å². The molecule has 27 heavy (non-hydrogen) atoms. The molecule has 0 aromatic rings. The number of hydrogen-bond acceptors (Lipinski definition) is 8. The molecule has 0 amide bonds. The van der Waals surface area contributed by atoms with E-state index in [0.717, 1.165) is 0 Å². The predicted molar refractivity (Wildman–Crippen MR) is 100.0 cm³/mol. The van der Waals surface area contributed by atoms with Crippen LogP contribution in [0.5, 0.6) is 0 Å². The fraction of sp³-hybridized carbons (Fsp3) is 0.667. The van der Waals surface area contributed by atoms with Gasteiger partial charge in [-0.15, -0.1) is 0 Å². The highest BCUT2D eigenvalue weighted by Gasteiger charge is 2.37. The van der Waals surface area contributed by atoms with Crippen LogP contribution < -0.4 is 0 Å². The zero-order valence-corrected chi connectivity index (χ0v) is 17.9. The number of methoxy groups -OCH3 is 2. The van der Waals surface area contributed by atoms with Gasteiger partial charge in [0.15, 0.2) is 0 Å². The van der Waals surface area contributed by atoms with Gasteiger partial charge in [0.1, 0.15) is 18.0 Å². The monoisotopic (exact) mass is 450 g/mol. The number of esters is 4. The second-order valence-corrected chi connectivity index (χ2v) is 7.69. The van der Waals surface area contributed by atoms with Crippen molar-refractivity contribution in [3.63, 3.8) is 0 Å². The van der Waals surface area contributed by atoms with Gasteiger partial charge in [0, 0.05) is 5.57 Å². The van der Waals surface area contributed by atoms with Crippen molar-refractivity contribution in [1.29, 1.82) is 0 Å². The fourth-order valence-corrected chi connectivity index (χ4v) is 2.83. The van der Waals surface area contributed by atoms with Crippen LogP contribution in [-0.2, 0) is 38.1 Å². The van der Waals surface area contributed by atoms with E-state index in [1.165, 1.54) is 21.1 Å². The molecule has 8 nitrogen and oxygen atoms in total. The maximum absolute atomic E-state index is 12.3. The Morgan fingerprint density at radius 1 is 1.00 bits per heavy atom. The molecule has 154 valence electrons. The summed E-state index contributed by atoms with van der Waals surface area (Å²) in [5, 5.41) is 0. The number of rotatable bonds is 11. The van der Waals surface area contributed by atoms with Gasteiger partial charge in [-0.2, -0.15) is 0 Å². The Morgan fingerprint density at radius 2 is 1.52 bits per heavy atom. The van der Waals surface area contributed by atoms with E-state index in [1.807, 2.05) is 0 Å². The highest BCUT2D eigenvalue weighted by Crippen LogP contribution is 2.31. The summed E-state index contributed by atoms with van der Waals surface area (Å²) in [5.41, 5.74) is -0.780. The van der Waals surface area contributed by atoms with Gasteiger partial charge in [0.2, 0.25) is 0 Å². The third kappa shape index (κ3) is 9.03. The van der Waals surface area contributed by atoms with Crippen molar-refractivity contribution in [3.8, 4) is 0 Å². The second kappa shape index (κ2) is 11.7. The minimum Gasteiger partial charge on any atom is -0.469 e. The lowest BCUT2D eigenvalue weighted by Crippen LogP contribution is -2.34. The van der Waals surface area contributed by atoms with Crippen LogP contribution in [0.15, 0.2) is 12.2 Å². The molecule has 2 atom stereocenters. The lowest BCUT2D eigenvalue weighted by Gasteiger charge is -2.27. The van der Waals surface area contributed by atoms with Gasteiger partial charge in [-0.05, 0) is 33.6 Å². The van der Waals surface area contributed by atoms with Gasteiger partial charge >= 0.3 is 23.9 Å². The molecule has 0 aliphatic heterocycles. The van der Waals surface area contributed by atoms with E-state index in [9.17, 15) is 19.2 Å². The number of hydrogen-bond donors (Lipinski definition) is 0. The van der Waals surface area contributed by atoms with E-state index < -0.39 is 40.0 Å². The van der Waals surface area contributed by atoms with E-state index in [2.05, 4.69) is 27.2 Å². The molecule has 0 bridgehead atoms. The first-order valence-corrected chi connectivity index (χ1v) is 9.17. The van der Waals surface area contributed by atoms with Crippen molar-refractivity contribution in [2.45, 2.75) is 38.4 Å². The SMILES string of the molecule is C=C(C)C(=O)OCCOC(=O)C(C)(C)CC(CC(Br)C(=O)OC)C(=O)OC. The smallest absolute Gasteiger partial charge is 0.333 e. The average Bonchev–Trinajstić information content (AvgIpc) is 2.62. The third-order valence-corrected chi connectivity index (χ3v) is 4.44. The van der Waals surface area contributed by atoms with E-state index in [0.29, 0.717) is 0 Å². The summed E-state index contributed by atoms with van der Waals surface area (Å²) in [6.07, 6.45) is 0.204. The first-order valence-electron chi connectivity index (χ1n) is 8.25. The van der Waals surface area contributed by atoms with Crippen molar-refractivity contribution in [3.05, 3.63) is 12.2 Å². The van der Waals surface area contributed by atoms with Crippen LogP contribution in [0.3, 0.4) is 0 Å². The second-order valence-electron chi connectivity index (χ2n) is 6.59. The summed E-state index contributed by atoms with van der Waals surface area (Å²) in [4.78, 5) is 46.5. The molecule has 0 aromatic heterocycles. The molecule has 0 fully saturated rings. The summed E-state index contributed by atoms with van der Waals surface area (Å²) in [7, 11) is 2.48.